The Morgan fingerprint density at radius 1 is 0.571 bits per heavy atom. The molecule has 0 rings (SSSR count). The lowest BCUT2D eigenvalue weighted by Crippen LogP contribution is -2.35. The molecule has 0 aliphatic rings. The van der Waals surface area contributed by atoms with Gasteiger partial charge in [0.05, 0.1) is 31.0 Å². The summed E-state index contributed by atoms with van der Waals surface area (Å²) in [5, 5.41) is 2.24. The zero-order valence-corrected chi connectivity index (χ0v) is 26.6. The van der Waals surface area contributed by atoms with Gasteiger partial charge in [0.25, 0.3) is 0 Å². The summed E-state index contributed by atoms with van der Waals surface area (Å²) < 4.78 is 23.7. The van der Waals surface area contributed by atoms with Crippen LogP contribution in [0.1, 0.15) is 94.9 Å². The van der Waals surface area contributed by atoms with Crippen molar-refractivity contribution in [3.8, 4) is 0 Å². The van der Waals surface area contributed by atoms with E-state index in [0.29, 0.717) is 6.04 Å². The molecule has 0 N–H and O–H groups in total. The van der Waals surface area contributed by atoms with Gasteiger partial charge in [-0.05, 0) is 99.8 Å². The van der Waals surface area contributed by atoms with E-state index in [0.717, 1.165) is 68.1 Å². The Hall–Kier alpha value is 0.620. The first-order chi connectivity index (χ1) is 16.5. The predicted octanol–water partition coefficient (Wildman–Crippen LogP) is 6.90. The number of ether oxygens (including phenoxy) is 4. The number of hydrogen-bond donors (Lipinski definition) is 0. The lowest BCUT2D eigenvalue weighted by atomic mass is 10.2. The van der Waals surface area contributed by atoms with Crippen molar-refractivity contribution in [1.82, 2.24) is 5.06 Å². The standard InChI is InChI=1S/C27H59NO5P2/c1-11-16-29-28(15-20-35-19-14-27(32-23(6)7)33-24(8)9)25(10)12-17-34-18-13-26(30-21(2)3)31-22(4)5/h21-27,34-35H,11-20H2,1-10H3. The van der Waals surface area contributed by atoms with Crippen LogP contribution in [0.2, 0.25) is 0 Å². The topological polar surface area (TPSA) is 49.4 Å². The summed E-state index contributed by atoms with van der Waals surface area (Å²) in [6.07, 6.45) is 9.44. The van der Waals surface area contributed by atoms with Crippen LogP contribution in [0.15, 0.2) is 0 Å². The molecule has 0 aliphatic heterocycles. The molecule has 3 atom stereocenters. The first-order valence-corrected chi connectivity index (χ1v) is 16.8. The van der Waals surface area contributed by atoms with Crippen molar-refractivity contribution in [1.29, 1.82) is 0 Å². The number of nitrogens with zero attached hydrogens (tertiary/aromatic N) is 1. The molecule has 0 aromatic heterocycles. The van der Waals surface area contributed by atoms with Gasteiger partial charge in [-0.15, -0.1) is 17.2 Å². The lowest BCUT2D eigenvalue weighted by Gasteiger charge is -2.28. The summed E-state index contributed by atoms with van der Waals surface area (Å²) in [6.45, 7) is 22.8. The maximum Gasteiger partial charge on any atom is 0.158 e. The van der Waals surface area contributed by atoms with Gasteiger partial charge in [0.2, 0.25) is 0 Å². The highest BCUT2D eigenvalue weighted by molar-refractivity contribution is 7.38. The molecule has 0 amide bonds. The molecule has 0 saturated carbocycles. The molecule has 0 aliphatic carbocycles. The van der Waals surface area contributed by atoms with Gasteiger partial charge in [0.1, 0.15) is 0 Å². The number of hydroxylamine groups is 2. The van der Waals surface area contributed by atoms with Crippen molar-refractivity contribution < 1.29 is 23.8 Å². The fraction of sp³-hybridized carbons (Fsp3) is 1.00. The quantitative estimate of drug-likeness (QED) is 0.0576. The third kappa shape index (κ3) is 22.3. The molecule has 35 heavy (non-hydrogen) atoms. The molecule has 3 unspecified atom stereocenters. The van der Waals surface area contributed by atoms with E-state index in [2.05, 4.69) is 74.3 Å². The van der Waals surface area contributed by atoms with Crippen LogP contribution >= 0.6 is 17.2 Å². The fourth-order valence-electron chi connectivity index (χ4n) is 3.51. The average molecular weight is 540 g/mol. The Labute approximate surface area is 221 Å². The Morgan fingerprint density at radius 2 is 0.971 bits per heavy atom. The first-order valence-electron chi connectivity index (χ1n) is 14.0. The molecular formula is C27H59NO5P2. The monoisotopic (exact) mass is 539 g/mol. The highest BCUT2D eigenvalue weighted by atomic mass is 31.1. The summed E-state index contributed by atoms with van der Waals surface area (Å²) in [4.78, 5) is 6.12. The first kappa shape index (κ1) is 35.6. The van der Waals surface area contributed by atoms with E-state index in [1.165, 1.54) is 12.6 Å². The summed E-state index contributed by atoms with van der Waals surface area (Å²) in [5.74, 6) is 0. The van der Waals surface area contributed by atoms with Crippen molar-refractivity contribution in [2.45, 2.75) is 138 Å². The Morgan fingerprint density at radius 3 is 1.37 bits per heavy atom. The molecule has 0 aromatic rings. The van der Waals surface area contributed by atoms with Crippen molar-refractivity contribution in [3.05, 3.63) is 0 Å². The van der Waals surface area contributed by atoms with Crippen molar-refractivity contribution in [2.75, 3.05) is 37.8 Å². The van der Waals surface area contributed by atoms with Crippen LogP contribution in [0.25, 0.3) is 0 Å². The lowest BCUT2D eigenvalue weighted by molar-refractivity contribution is -0.181. The van der Waals surface area contributed by atoms with Gasteiger partial charge in [-0.2, -0.15) is 5.06 Å². The van der Waals surface area contributed by atoms with Crippen LogP contribution in [0.5, 0.6) is 0 Å². The van der Waals surface area contributed by atoms with Gasteiger partial charge >= 0.3 is 0 Å². The second-order valence-corrected chi connectivity index (χ2v) is 13.3. The van der Waals surface area contributed by atoms with Gasteiger partial charge in [0, 0.05) is 25.4 Å². The normalized spacial score (nSPS) is 14.3. The van der Waals surface area contributed by atoms with Crippen LogP contribution in [0, 0.1) is 0 Å². The third-order valence-electron chi connectivity index (χ3n) is 5.01. The Bertz CT molecular complexity index is 449. The van der Waals surface area contributed by atoms with Crippen molar-refractivity contribution >= 4 is 17.2 Å². The van der Waals surface area contributed by atoms with E-state index in [-0.39, 0.29) is 37.0 Å². The summed E-state index contributed by atoms with van der Waals surface area (Å²) in [6, 6.07) is 0.440. The molecule has 0 bridgehead atoms. The minimum atomic E-state index is -0.0914. The maximum absolute atomic E-state index is 6.12. The molecule has 0 heterocycles. The summed E-state index contributed by atoms with van der Waals surface area (Å²) >= 11 is 0. The predicted molar refractivity (Wildman–Crippen MR) is 155 cm³/mol. The largest absolute Gasteiger partial charge is 0.350 e. The number of rotatable bonds is 24. The van der Waals surface area contributed by atoms with E-state index in [1.54, 1.807) is 0 Å². The SMILES string of the molecule is CCCON(CCPCCC(OC(C)C)OC(C)C)C(C)CCPCCC(OC(C)C)OC(C)C. The van der Waals surface area contributed by atoms with Crippen LogP contribution < -0.4 is 0 Å². The minimum absolute atomic E-state index is 0.0817. The van der Waals surface area contributed by atoms with E-state index in [1.807, 2.05) is 0 Å². The van der Waals surface area contributed by atoms with Gasteiger partial charge in [-0.25, -0.2) is 0 Å². The fourth-order valence-corrected chi connectivity index (χ4v) is 5.89. The van der Waals surface area contributed by atoms with E-state index >= 15 is 0 Å². The number of hydrogen-bond acceptors (Lipinski definition) is 6. The molecule has 6 nitrogen and oxygen atoms in total. The molecule has 0 radical (unpaired) electrons. The van der Waals surface area contributed by atoms with Crippen LogP contribution in [-0.4, -0.2) is 85.9 Å². The van der Waals surface area contributed by atoms with Crippen LogP contribution in [-0.2, 0) is 23.8 Å². The molecule has 0 spiro atoms. The molecule has 212 valence electrons. The van der Waals surface area contributed by atoms with Crippen molar-refractivity contribution in [3.63, 3.8) is 0 Å². The van der Waals surface area contributed by atoms with E-state index in [4.69, 9.17) is 23.8 Å². The summed E-state index contributed by atoms with van der Waals surface area (Å²) in [7, 11) is 1.83. The maximum atomic E-state index is 6.12. The Kier molecular flexibility index (Phi) is 23.0. The Balaban J connectivity index is 4.31. The van der Waals surface area contributed by atoms with Gasteiger partial charge in [-0.1, -0.05) is 6.92 Å². The molecule has 8 heteroatoms. The van der Waals surface area contributed by atoms with E-state index < -0.39 is 0 Å². The highest BCUT2D eigenvalue weighted by Gasteiger charge is 2.17. The molecular weight excluding hydrogens is 480 g/mol. The second kappa shape index (κ2) is 22.6. The minimum Gasteiger partial charge on any atom is -0.350 e. The zero-order valence-electron chi connectivity index (χ0n) is 24.6. The molecule has 0 aromatic carbocycles. The van der Waals surface area contributed by atoms with Crippen LogP contribution in [0.3, 0.4) is 0 Å². The average Bonchev–Trinajstić information content (AvgIpc) is 2.73. The van der Waals surface area contributed by atoms with Crippen molar-refractivity contribution in [2.24, 2.45) is 0 Å². The van der Waals surface area contributed by atoms with Gasteiger partial charge < -0.3 is 18.9 Å². The second-order valence-electron chi connectivity index (χ2n) is 10.3. The van der Waals surface area contributed by atoms with E-state index in [9.17, 15) is 0 Å². The van der Waals surface area contributed by atoms with Gasteiger partial charge in [0.15, 0.2) is 12.6 Å². The molecule has 0 saturated heterocycles. The highest BCUT2D eigenvalue weighted by Crippen LogP contribution is 2.21. The summed E-state index contributed by atoms with van der Waals surface area (Å²) in [5.41, 5.74) is 0. The zero-order chi connectivity index (χ0) is 26.6. The third-order valence-corrected chi connectivity index (χ3v) is 7.51. The molecule has 0 fully saturated rings. The smallest absolute Gasteiger partial charge is 0.158 e. The van der Waals surface area contributed by atoms with Crippen LogP contribution in [0.4, 0.5) is 0 Å². The van der Waals surface area contributed by atoms with Gasteiger partial charge in [-0.3, -0.25) is 4.84 Å².